The van der Waals surface area contributed by atoms with Crippen LogP contribution in [-0.4, -0.2) is 28.0 Å². The molecule has 0 saturated carbocycles. The molecule has 0 atom stereocenters. The Balaban J connectivity index is 2.41. The molecule has 1 aromatic carbocycles. The van der Waals surface area contributed by atoms with Gasteiger partial charge in [0, 0.05) is 30.9 Å². The van der Waals surface area contributed by atoms with Gasteiger partial charge in [-0.3, -0.25) is 10.1 Å². The van der Waals surface area contributed by atoms with Crippen LogP contribution in [0.3, 0.4) is 0 Å². The summed E-state index contributed by atoms with van der Waals surface area (Å²) >= 11 is 5.86. The molecule has 0 fully saturated rings. The third-order valence-electron chi connectivity index (χ3n) is 3.81. The predicted octanol–water partition coefficient (Wildman–Crippen LogP) is 4.75. The molecule has 25 heavy (non-hydrogen) atoms. The fourth-order valence-corrected chi connectivity index (χ4v) is 2.56. The molecule has 1 heterocycles. The number of nitro benzene ring substituents is 1. The minimum Gasteiger partial charge on any atom is -0.357 e. The van der Waals surface area contributed by atoms with E-state index < -0.39 is 4.92 Å². The number of halogens is 1. The van der Waals surface area contributed by atoms with Gasteiger partial charge in [-0.1, -0.05) is 25.4 Å². The molecule has 0 radical (unpaired) electrons. The van der Waals surface area contributed by atoms with E-state index in [0.29, 0.717) is 11.6 Å². The van der Waals surface area contributed by atoms with E-state index in [1.54, 1.807) is 6.07 Å². The molecule has 8 heteroatoms. The van der Waals surface area contributed by atoms with Crippen LogP contribution in [0.2, 0.25) is 5.02 Å². The third-order valence-corrected chi connectivity index (χ3v) is 4.13. The van der Waals surface area contributed by atoms with Crippen molar-refractivity contribution in [3.05, 3.63) is 45.1 Å². The van der Waals surface area contributed by atoms with Gasteiger partial charge < -0.3 is 10.2 Å². The smallest absolute Gasteiger partial charge is 0.289 e. The van der Waals surface area contributed by atoms with Gasteiger partial charge in [0.2, 0.25) is 5.95 Å². The number of nitro groups is 1. The van der Waals surface area contributed by atoms with Gasteiger partial charge in [0.25, 0.3) is 5.69 Å². The van der Waals surface area contributed by atoms with Crippen molar-refractivity contribution in [3.8, 4) is 0 Å². The Labute approximate surface area is 152 Å². The maximum atomic E-state index is 11.0. The largest absolute Gasteiger partial charge is 0.357 e. The zero-order valence-electron chi connectivity index (χ0n) is 14.8. The number of nitrogens with one attached hydrogen (secondary N) is 1. The molecular weight excluding hydrogens is 342 g/mol. The first kappa shape index (κ1) is 18.9. The van der Waals surface area contributed by atoms with Crippen LogP contribution in [0.15, 0.2) is 24.3 Å². The van der Waals surface area contributed by atoms with E-state index in [-0.39, 0.29) is 16.6 Å². The van der Waals surface area contributed by atoms with E-state index in [1.807, 2.05) is 6.07 Å². The van der Waals surface area contributed by atoms with Gasteiger partial charge in [0.1, 0.15) is 10.8 Å². The van der Waals surface area contributed by atoms with Crippen LogP contribution in [0.25, 0.3) is 0 Å². The van der Waals surface area contributed by atoms with Gasteiger partial charge >= 0.3 is 0 Å². The molecule has 1 aromatic heterocycles. The predicted molar refractivity (Wildman–Crippen MR) is 101 cm³/mol. The fraction of sp³-hybridized carbons (Fsp3) is 0.412. The SMILES string of the molecule is CCN(CC)c1cc(C(C)C)nc(Nc2ccc(Cl)c([N+](=O)[O-])c2)n1. The minimum absolute atomic E-state index is 0.0937. The van der Waals surface area contributed by atoms with Crippen molar-refractivity contribution in [1.82, 2.24) is 9.97 Å². The van der Waals surface area contributed by atoms with Crippen molar-refractivity contribution in [1.29, 1.82) is 0 Å². The Hall–Kier alpha value is -2.41. The van der Waals surface area contributed by atoms with Crippen LogP contribution < -0.4 is 10.2 Å². The molecule has 2 rings (SSSR count). The number of benzene rings is 1. The second kappa shape index (κ2) is 8.11. The summed E-state index contributed by atoms with van der Waals surface area (Å²) in [6.45, 7) is 9.91. The fourth-order valence-electron chi connectivity index (χ4n) is 2.37. The van der Waals surface area contributed by atoms with Crippen molar-refractivity contribution < 1.29 is 4.92 Å². The summed E-state index contributed by atoms with van der Waals surface area (Å²) in [4.78, 5) is 21.7. The van der Waals surface area contributed by atoms with Crippen LogP contribution in [0.1, 0.15) is 39.3 Å². The average molecular weight is 364 g/mol. The lowest BCUT2D eigenvalue weighted by Crippen LogP contribution is -2.23. The number of hydrogen-bond donors (Lipinski definition) is 1. The number of aromatic nitrogens is 2. The molecule has 2 aromatic rings. The van der Waals surface area contributed by atoms with Crippen LogP contribution >= 0.6 is 11.6 Å². The summed E-state index contributed by atoms with van der Waals surface area (Å²) in [6.07, 6.45) is 0. The summed E-state index contributed by atoms with van der Waals surface area (Å²) in [5.74, 6) is 1.47. The quantitative estimate of drug-likeness (QED) is 0.564. The summed E-state index contributed by atoms with van der Waals surface area (Å²) in [5, 5.41) is 14.2. The monoisotopic (exact) mass is 363 g/mol. The maximum Gasteiger partial charge on any atom is 0.289 e. The summed E-state index contributed by atoms with van der Waals surface area (Å²) in [5.41, 5.74) is 1.26. The zero-order valence-corrected chi connectivity index (χ0v) is 15.5. The van der Waals surface area contributed by atoms with E-state index in [0.717, 1.165) is 24.6 Å². The Morgan fingerprint density at radius 2 is 1.92 bits per heavy atom. The van der Waals surface area contributed by atoms with E-state index in [1.165, 1.54) is 12.1 Å². The highest BCUT2D eigenvalue weighted by atomic mass is 35.5. The van der Waals surface area contributed by atoms with Crippen molar-refractivity contribution in [2.75, 3.05) is 23.3 Å². The molecular formula is C17H22ClN5O2. The van der Waals surface area contributed by atoms with Gasteiger partial charge in [-0.05, 0) is 31.9 Å². The molecule has 0 saturated heterocycles. The molecule has 7 nitrogen and oxygen atoms in total. The van der Waals surface area contributed by atoms with Crippen molar-refractivity contribution in [2.45, 2.75) is 33.6 Å². The molecule has 0 aliphatic rings. The first-order valence-corrected chi connectivity index (χ1v) is 8.58. The highest BCUT2D eigenvalue weighted by Crippen LogP contribution is 2.29. The van der Waals surface area contributed by atoms with E-state index in [4.69, 9.17) is 11.6 Å². The van der Waals surface area contributed by atoms with Crippen LogP contribution in [-0.2, 0) is 0 Å². The van der Waals surface area contributed by atoms with Crippen LogP contribution in [0.5, 0.6) is 0 Å². The lowest BCUT2D eigenvalue weighted by atomic mass is 10.1. The van der Waals surface area contributed by atoms with Gasteiger partial charge in [-0.2, -0.15) is 4.98 Å². The maximum absolute atomic E-state index is 11.0. The van der Waals surface area contributed by atoms with E-state index in [2.05, 4.69) is 47.9 Å². The lowest BCUT2D eigenvalue weighted by molar-refractivity contribution is -0.384. The Kier molecular flexibility index (Phi) is 6.14. The molecule has 0 amide bonds. The summed E-state index contributed by atoms with van der Waals surface area (Å²) in [7, 11) is 0. The van der Waals surface area contributed by atoms with E-state index >= 15 is 0 Å². The molecule has 0 aliphatic carbocycles. The van der Waals surface area contributed by atoms with Crippen LogP contribution in [0, 0.1) is 10.1 Å². The third kappa shape index (κ3) is 4.57. The van der Waals surface area contributed by atoms with Crippen molar-refractivity contribution in [3.63, 3.8) is 0 Å². The number of hydrogen-bond acceptors (Lipinski definition) is 6. The zero-order chi connectivity index (χ0) is 18.6. The summed E-state index contributed by atoms with van der Waals surface area (Å²) in [6, 6.07) is 6.51. The number of rotatable bonds is 7. The Bertz CT molecular complexity index is 763. The second-order valence-corrected chi connectivity index (χ2v) is 6.26. The minimum atomic E-state index is -0.514. The highest BCUT2D eigenvalue weighted by molar-refractivity contribution is 6.32. The van der Waals surface area contributed by atoms with Crippen molar-refractivity contribution in [2.24, 2.45) is 0 Å². The van der Waals surface area contributed by atoms with Gasteiger partial charge in [0.05, 0.1) is 10.6 Å². The molecule has 0 aliphatic heterocycles. The van der Waals surface area contributed by atoms with Gasteiger partial charge in [-0.25, -0.2) is 4.98 Å². The average Bonchev–Trinajstić information content (AvgIpc) is 2.57. The van der Waals surface area contributed by atoms with Gasteiger partial charge in [-0.15, -0.1) is 0 Å². The molecule has 0 spiro atoms. The first-order valence-electron chi connectivity index (χ1n) is 8.20. The van der Waals surface area contributed by atoms with Crippen LogP contribution in [0.4, 0.5) is 23.1 Å². The molecule has 0 bridgehead atoms. The first-order chi connectivity index (χ1) is 11.8. The lowest BCUT2D eigenvalue weighted by Gasteiger charge is -2.21. The molecule has 1 N–H and O–H groups in total. The highest BCUT2D eigenvalue weighted by Gasteiger charge is 2.15. The topological polar surface area (TPSA) is 84.2 Å². The number of anilines is 3. The molecule has 134 valence electrons. The Morgan fingerprint density at radius 1 is 1.24 bits per heavy atom. The standard InChI is InChI=1S/C17H22ClN5O2/c1-5-22(6-2)16-10-14(11(3)4)20-17(21-16)19-12-7-8-13(18)15(9-12)23(24)25/h7-11H,5-6H2,1-4H3,(H,19,20,21). The van der Waals surface area contributed by atoms with Gasteiger partial charge in [0.15, 0.2) is 0 Å². The van der Waals surface area contributed by atoms with Crippen molar-refractivity contribution >= 4 is 34.7 Å². The normalized spacial score (nSPS) is 10.8. The number of nitrogens with zero attached hydrogens (tertiary/aromatic N) is 4. The van der Waals surface area contributed by atoms with E-state index in [9.17, 15) is 10.1 Å². The molecule has 0 unspecified atom stereocenters. The summed E-state index contributed by atoms with van der Waals surface area (Å²) < 4.78 is 0. The Morgan fingerprint density at radius 3 is 2.48 bits per heavy atom. The second-order valence-electron chi connectivity index (χ2n) is 5.85.